The molecule has 0 amide bonds. The lowest BCUT2D eigenvalue weighted by atomic mass is 9.86. The van der Waals surface area contributed by atoms with Crippen LogP contribution in [0.15, 0.2) is 271 Å². The molecule has 91 heavy (non-hydrogen) atoms. The first-order chi connectivity index (χ1) is 47.0. The quantitative estimate of drug-likeness (QED) is 0.118. The van der Waals surface area contributed by atoms with Gasteiger partial charge in [0.25, 0.3) is 6.33 Å². The number of rotatable bonds is 7. The summed E-state index contributed by atoms with van der Waals surface area (Å²) in [5, 5.41) is 6.38. The van der Waals surface area contributed by atoms with Crippen molar-refractivity contribution in [1.29, 1.82) is 0 Å². The third-order valence-corrected chi connectivity index (χ3v) is 18.5. The van der Waals surface area contributed by atoms with Crippen LogP contribution in [0, 0.1) is 20.0 Å². The van der Waals surface area contributed by atoms with E-state index >= 15 is 0 Å². The van der Waals surface area contributed by atoms with E-state index in [9.17, 15) is 0 Å². The van der Waals surface area contributed by atoms with Crippen molar-refractivity contribution in [2.24, 2.45) is 0 Å². The van der Waals surface area contributed by atoms with E-state index in [0.29, 0.717) is 28.4 Å². The molecule has 6 heterocycles. The minimum atomic E-state index is -2.73. The number of benzene rings is 12. The van der Waals surface area contributed by atoms with Gasteiger partial charge in [-0.3, -0.25) is 13.7 Å². The predicted molar refractivity (Wildman–Crippen MR) is 373 cm³/mol. The average Bonchev–Trinajstić information content (AvgIpc) is 1.60. The molecule has 0 unspecified atom stereocenters. The van der Waals surface area contributed by atoms with Gasteiger partial charge in [0.15, 0.2) is 0 Å². The number of furan rings is 1. The Labute approximate surface area is 534 Å². The van der Waals surface area contributed by atoms with Crippen LogP contribution in [-0.2, 0) is 5.41 Å². The molecule has 5 aromatic heterocycles. The summed E-state index contributed by atoms with van der Waals surface area (Å²) in [4.78, 5) is 4.95. The smallest absolute Gasteiger partial charge is 0.269 e. The molecule has 0 saturated heterocycles. The SMILES string of the molecule is [2H]C([2H])([2H])c1cccc(C([2H])([2H])[2H])c1-c1cccc2c1-[n+]1[c-]n(-c3cccc(Oc4ccc5c6ccccc6n(-c6cc(C(C)(C)C)ccn6)c5c4)c3)c3cc(-c4ccc5oc6ccccc6c5c4)cc(c31)-c1ccccc1-c1ccc(-n3c4ccccc4c4ccccc43)cc1-2. The molecule has 432 valence electrons. The topological polar surface area (TPSA) is 53.9 Å². The van der Waals surface area contributed by atoms with Crippen LogP contribution in [0.2, 0.25) is 0 Å². The Morgan fingerprint density at radius 1 is 0.429 bits per heavy atom. The number of fused-ring (bicyclic) bond motifs is 16. The maximum absolute atomic E-state index is 9.15. The largest absolute Gasteiger partial charge is 0.458 e. The van der Waals surface area contributed by atoms with Crippen LogP contribution in [0.3, 0.4) is 0 Å². The molecule has 0 radical (unpaired) electrons. The lowest BCUT2D eigenvalue weighted by Crippen LogP contribution is -2.32. The molecule has 0 saturated carbocycles. The van der Waals surface area contributed by atoms with Gasteiger partial charge in [0, 0.05) is 58.5 Å². The van der Waals surface area contributed by atoms with Crippen molar-refractivity contribution in [2.45, 2.75) is 39.9 Å². The van der Waals surface area contributed by atoms with Crippen molar-refractivity contribution in [1.82, 2.24) is 18.7 Å². The molecule has 0 N–H and O–H groups in total. The molecular formula is C84H59N5O2. The van der Waals surface area contributed by atoms with Crippen molar-refractivity contribution < 1.29 is 21.9 Å². The first kappa shape index (κ1) is 46.6. The fourth-order valence-electron chi connectivity index (χ4n) is 14.3. The van der Waals surface area contributed by atoms with Crippen LogP contribution in [0.25, 0.3) is 155 Å². The molecule has 1 aliphatic rings. The highest BCUT2D eigenvalue weighted by Crippen LogP contribution is 2.49. The molecule has 17 aromatic rings. The van der Waals surface area contributed by atoms with Crippen LogP contribution in [0.5, 0.6) is 11.5 Å². The first-order valence-corrected chi connectivity index (χ1v) is 30.7. The van der Waals surface area contributed by atoms with Gasteiger partial charge in [0.2, 0.25) is 0 Å². The number of imidazole rings is 1. The van der Waals surface area contributed by atoms with Gasteiger partial charge < -0.3 is 13.7 Å². The van der Waals surface area contributed by atoms with Crippen molar-refractivity contribution >= 4 is 76.6 Å². The standard InChI is InChI=1S/C84H59N5O2/c1-51-19-16-20-52(2)81(51)69-30-18-29-68-70-48-57(88-73-31-12-8-25-63(73)64-26-9-13-32-74(64)88)36-38-62(70)60-23-6-7-24-61(60)72-44-54(53-35-40-79-71(43-53)67-28-11-15-34-78(67)91-79)45-77-83(72)87(82(68)69)50-86(77)56-21-17-22-58(47-56)90-59-37-39-66-65-27-10-14-33-75(65)89(76(66)49-59)80-46-55(41-42-85-80)84(3,4)5/h6-49H,1-5H3/i1D3,2D3. The highest BCUT2D eigenvalue weighted by atomic mass is 16.5. The minimum absolute atomic E-state index is 0.0796. The zero-order chi connectivity index (χ0) is 65.8. The van der Waals surface area contributed by atoms with Gasteiger partial charge in [-0.05, 0) is 189 Å². The van der Waals surface area contributed by atoms with E-state index < -0.39 is 13.7 Å². The molecule has 7 nitrogen and oxygen atoms in total. The number of aromatic nitrogens is 5. The van der Waals surface area contributed by atoms with E-state index in [-0.39, 0.29) is 22.1 Å². The third kappa shape index (κ3) is 8.20. The molecule has 0 aliphatic carbocycles. The summed E-state index contributed by atoms with van der Waals surface area (Å²) < 4.78 is 77.0. The van der Waals surface area contributed by atoms with E-state index in [1.165, 1.54) is 17.7 Å². The summed E-state index contributed by atoms with van der Waals surface area (Å²) in [6.45, 7) is 1.18. The Kier molecular flexibility index (Phi) is 10.2. The number of hydrogen-bond donors (Lipinski definition) is 0. The van der Waals surface area contributed by atoms with Gasteiger partial charge >= 0.3 is 0 Å². The summed E-state index contributed by atoms with van der Waals surface area (Å²) in [5.41, 5.74) is 17.8. The van der Waals surface area contributed by atoms with Crippen molar-refractivity contribution in [3.63, 3.8) is 0 Å². The van der Waals surface area contributed by atoms with Gasteiger partial charge in [-0.15, -0.1) is 0 Å². The van der Waals surface area contributed by atoms with E-state index in [1.54, 1.807) is 6.07 Å². The Bertz CT molecular complexity index is 6070. The number of hydrogen-bond acceptors (Lipinski definition) is 3. The number of para-hydroxylation sites is 5. The maximum Gasteiger partial charge on any atom is 0.269 e. The summed E-state index contributed by atoms with van der Waals surface area (Å²) in [5.74, 6) is 2.00. The Morgan fingerprint density at radius 3 is 1.81 bits per heavy atom. The zero-order valence-electron chi connectivity index (χ0n) is 56.0. The fraction of sp³-hybridized carbons (Fsp3) is 0.0714. The molecule has 0 bridgehead atoms. The van der Waals surface area contributed by atoms with Crippen LogP contribution in [-0.4, -0.2) is 18.7 Å². The summed E-state index contributed by atoms with van der Waals surface area (Å²) in [6.07, 6.45) is 5.83. The zero-order valence-corrected chi connectivity index (χ0v) is 50.0. The second kappa shape index (κ2) is 20.0. The van der Waals surface area contributed by atoms with Gasteiger partial charge in [-0.1, -0.05) is 178 Å². The highest BCUT2D eigenvalue weighted by Gasteiger charge is 2.29. The Balaban J connectivity index is 0.924. The molecule has 18 rings (SSSR count). The van der Waals surface area contributed by atoms with Crippen LogP contribution >= 0.6 is 0 Å². The van der Waals surface area contributed by atoms with Crippen molar-refractivity contribution in [3.8, 4) is 90.0 Å². The van der Waals surface area contributed by atoms with E-state index in [0.717, 1.165) is 133 Å². The Morgan fingerprint density at radius 2 is 1.05 bits per heavy atom. The predicted octanol–water partition coefficient (Wildman–Crippen LogP) is 21.6. The first-order valence-electron chi connectivity index (χ1n) is 33.7. The van der Waals surface area contributed by atoms with Crippen LogP contribution in [0.4, 0.5) is 0 Å². The lowest BCUT2D eigenvalue weighted by molar-refractivity contribution is -0.570. The van der Waals surface area contributed by atoms with Crippen LogP contribution < -0.4 is 9.30 Å². The van der Waals surface area contributed by atoms with Gasteiger partial charge in [-0.2, -0.15) is 0 Å². The fourth-order valence-corrected chi connectivity index (χ4v) is 14.3. The summed E-state index contributed by atoms with van der Waals surface area (Å²) in [7, 11) is 0. The molecule has 1 aliphatic heterocycles. The molecule has 0 spiro atoms. The maximum atomic E-state index is 9.15. The van der Waals surface area contributed by atoms with Gasteiger partial charge in [0.1, 0.15) is 28.5 Å². The van der Waals surface area contributed by atoms with E-state index in [2.05, 4.69) is 217 Å². The number of nitrogens with zero attached hydrogens (tertiary/aromatic N) is 5. The second-order valence-corrected chi connectivity index (χ2v) is 24.8. The Hall–Kier alpha value is -11.5. The highest BCUT2D eigenvalue weighted by molar-refractivity contribution is 6.12. The second-order valence-electron chi connectivity index (χ2n) is 24.8. The number of ether oxygens (including phenoxy) is 1. The monoisotopic (exact) mass is 1180 g/mol. The van der Waals surface area contributed by atoms with Crippen molar-refractivity contribution in [2.75, 3.05) is 0 Å². The third-order valence-electron chi connectivity index (χ3n) is 18.5. The number of pyridine rings is 1. The van der Waals surface area contributed by atoms with Crippen LogP contribution in [0.1, 0.15) is 45.7 Å². The van der Waals surface area contributed by atoms with E-state index in [1.807, 2.05) is 77.5 Å². The molecular weight excluding hydrogens is 1110 g/mol. The normalized spacial score (nSPS) is 13.5. The van der Waals surface area contributed by atoms with Crippen molar-refractivity contribution in [3.05, 3.63) is 290 Å². The average molecular weight is 1180 g/mol. The molecule has 0 atom stereocenters. The summed E-state index contributed by atoms with van der Waals surface area (Å²) >= 11 is 0. The van der Waals surface area contributed by atoms with E-state index in [4.69, 9.17) is 22.4 Å². The lowest BCUT2D eigenvalue weighted by Gasteiger charge is -2.21. The molecule has 7 heteroatoms. The summed E-state index contributed by atoms with van der Waals surface area (Å²) in [6, 6.07) is 88.2. The van der Waals surface area contributed by atoms with Gasteiger partial charge in [0.05, 0.1) is 44.5 Å². The molecule has 12 aromatic carbocycles. The van der Waals surface area contributed by atoms with Gasteiger partial charge in [-0.25, -0.2) is 4.98 Å². The molecule has 0 fully saturated rings. The number of aryl methyl sites for hydroxylation is 2. The minimum Gasteiger partial charge on any atom is -0.458 e.